The summed E-state index contributed by atoms with van der Waals surface area (Å²) in [5.41, 5.74) is 0. The number of allylic oxidation sites excluding steroid dienone is 7. The van der Waals surface area contributed by atoms with Crippen LogP contribution in [-0.2, 0) is 4.79 Å². The van der Waals surface area contributed by atoms with Crippen molar-refractivity contribution < 1.29 is 20.1 Å². The highest BCUT2D eigenvalue weighted by Gasteiger charge is 2.22. The number of carbonyl (C=O) groups excluding carboxylic acids is 1. The summed E-state index contributed by atoms with van der Waals surface area (Å²) in [6.07, 6.45) is 55.8. The van der Waals surface area contributed by atoms with Gasteiger partial charge in [0.25, 0.3) is 0 Å². The van der Waals surface area contributed by atoms with Crippen molar-refractivity contribution in [2.45, 2.75) is 244 Å². The molecule has 0 aliphatic carbocycles. The third kappa shape index (κ3) is 38.4. The molecule has 0 rings (SSSR count). The maximum Gasteiger partial charge on any atom is 0.249 e. The van der Waals surface area contributed by atoms with Crippen molar-refractivity contribution in [3.8, 4) is 0 Å². The van der Waals surface area contributed by atoms with Crippen LogP contribution in [0.25, 0.3) is 0 Å². The molecular weight excluding hydrogens is 655 g/mol. The molecule has 53 heavy (non-hydrogen) atoms. The van der Waals surface area contributed by atoms with Gasteiger partial charge in [-0.1, -0.05) is 204 Å². The number of hydrogen-bond donors (Lipinski definition) is 4. The first-order valence-electron chi connectivity index (χ1n) is 23.0. The van der Waals surface area contributed by atoms with E-state index in [0.29, 0.717) is 6.42 Å². The number of carbonyl (C=O) groups is 1. The van der Waals surface area contributed by atoms with Gasteiger partial charge in [0.2, 0.25) is 5.91 Å². The highest BCUT2D eigenvalue weighted by Crippen LogP contribution is 2.14. The van der Waals surface area contributed by atoms with E-state index < -0.39 is 24.2 Å². The van der Waals surface area contributed by atoms with Crippen LogP contribution in [0.3, 0.4) is 0 Å². The van der Waals surface area contributed by atoms with Gasteiger partial charge >= 0.3 is 0 Å². The van der Waals surface area contributed by atoms with Crippen LogP contribution in [0, 0.1) is 0 Å². The molecule has 3 atom stereocenters. The molecule has 0 aliphatic rings. The fourth-order valence-corrected chi connectivity index (χ4v) is 6.74. The van der Waals surface area contributed by atoms with E-state index in [0.717, 1.165) is 57.8 Å². The van der Waals surface area contributed by atoms with E-state index in [9.17, 15) is 20.1 Å². The maximum absolute atomic E-state index is 12.5. The number of amides is 1. The lowest BCUT2D eigenvalue weighted by Crippen LogP contribution is -2.48. The lowest BCUT2D eigenvalue weighted by Gasteiger charge is -2.21. The first-order chi connectivity index (χ1) is 26.1. The summed E-state index contributed by atoms with van der Waals surface area (Å²) in [5.74, 6) is -0.526. The van der Waals surface area contributed by atoms with Gasteiger partial charge in [-0.15, -0.1) is 0 Å². The molecule has 5 nitrogen and oxygen atoms in total. The number of aliphatic hydroxyl groups is 3. The summed E-state index contributed by atoms with van der Waals surface area (Å²) in [5, 5.41) is 33.1. The van der Waals surface area contributed by atoms with Crippen molar-refractivity contribution in [3.63, 3.8) is 0 Å². The van der Waals surface area contributed by atoms with Crippen LogP contribution in [0.5, 0.6) is 0 Å². The molecule has 0 aromatic carbocycles. The largest absolute Gasteiger partial charge is 0.394 e. The first-order valence-corrected chi connectivity index (χ1v) is 23.0. The quantitative estimate of drug-likeness (QED) is 0.0371. The van der Waals surface area contributed by atoms with Crippen molar-refractivity contribution in [2.24, 2.45) is 0 Å². The van der Waals surface area contributed by atoms with Crippen molar-refractivity contribution in [1.82, 2.24) is 5.32 Å². The lowest BCUT2D eigenvalue weighted by atomic mass is 10.0. The fraction of sp³-hybridized carbons (Fsp3) is 0.812. The summed E-state index contributed by atoms with van der Waals surface area (Å²) in [6.45, 7) is 4.16. The van der Waals surface area contributed by atoms with Crippen molar-refractivity contribution in [2.75, 3.05) is 6.61 Å². The Labute approximate surface area is 329 Å². The van der Waals surface area contributed by atoms with Gasteiger partial charge in [-0.25, -0.2) is 0 Å². The Balaban J connectivity index is 3.76. The average Bonchev–Trinajstić information content (AvgIpc) is 3.16. The normalized spacial score (nSPS) is 14.0. The molecule has 0 aliphatic heterocycles. The SMILES string of the molecule is CCCCCCCCCCC/C=C\CCCCCCC(O)C(=O)NC(CO)C(O)/C=C/CC/C=C/CC/C=C/CCCCCCCCCCCCCC. The molecule has 0 saturated heterocycles. The molecule has 0 fully saturated rings. The van der Waals surface area contributed by atoms with E-state index in [1.807, 2.05) is 6.08 Å². The zero-order valence-electron chi connectivity index (χ0n) is 35.1. The van der Waals surface area contributed by atoms with Crippen LogP contribution in [0.1, 0.15) is 226 Å². The minimum atomic E-state index is -1.12. The summed E-state index contributed by atoms with van der Waals surface area (Å²) >= 11 is 0. The molecular formula is C48H89NO4. The van der Waals surface area contributed by atoms with E-state index >= 15 is 0 Å². The third-order valence-electron chi connectivity index (χ3n) is 10.4. The standard InChI is InChI=1S/C48H89NO4/c1-3-5-7-9-11-13-15-17-19-21-22-23-24-25-27-28-30-32-34-36-38-40-42-46(51)45(44-50)49-48(53)47(52)43-41-39-37-35-33-31-29-26-20-18-16-14-12-10-8-6-4-2/h25,27,29,31-32,34,40,42,45-47,50-52H,3-24,26,28,30,33,35-39,41,43-44H2,1-2H3,(H,49,53)/b27-25+,31-29-,34-32+,42-40+. The summed E-state index contributed by atoms with van der Waals surface area (Å²) in [7, 11) is 0. The minimum absolute atomic E-state index is 0.386. The molecule has 0 aromatic rings. The van der Waals surface area contributed by atoms with Gasteiger partial charge < -0.3 is 20.6 Å². The number of nitrogens with one attached hydrogen (secondary N) is 1. The highest BCUT2D eigenvalue weighted by atomic mass is 16.3. The van der Waals surface area contributed by atoms with Crippen LogP contribution < -0.4 is 5.32 Å². The molecule has 3 unspecified atom stereocenters. The maximum atomic E-state index is 12.5. The predicted octanol–water partition coefficient (Wildman–Crippen LogP) is 13.3. The second-order valence-electron chi connectivity index (χ2n) is 15.6. The van der Waals surface area contributed by atoms with Gasteiger partial charge in [-0.05, 0) is 70.6 Å². The van der Waals surface area contributed by atoms with E-state index in [1.54, 1.807) is 6.08 Å². The number of rotatable bonds is 41. The fourth-order valence-electron chi connectivity index (χ4n) is 6.74. The zero-order valence-corrected chi connectivity index (χ0v) is 35.1. The lowest BCUT2D eigenvalue weighted by molar-refractivity contribution is -0.131. The van der Waals surface area contributed by atoms with Crippen molar-refractivity contribution >= 4 is 5.91 Å². The van der Waals surface area contributed by atoms with Crippen LogP contribution in [0.2, 0.25) is 0 Å². The van der Waals surface area contributed by atoms with Crippen LogP contribution >= 0.6 is 0 Å². The van der Waals surface area contributed by atoms with E-state index in [-0.39, 0.29) is 6.61 Å². The van der Waals surface area contributed by atoms with Crippen LogP contribution in [0.15, 0.2) is 48.6 Å². The number of unbranched alkanes of at least 4 members (excludes halogenated alkanes) is 27. The van der Waals surface area contributed by atoms with Crippen LogP contribution in [-0.4, -0.2) is 46.1 Å². The summed E-state index contributed by atoms with van der Waals surface area (Å²) in [4.78, 5) is 12.5. The number of aliphatic hydroxyl groups excluding tert-OH is 3. The minimum Gasteiger partial charge on any atom is -0.394 e. The molecule has 0 radical (unpaired) electrons. The zero-order chi connectivity index (χ0) is 38.7. The summed E-state index contributed by atoms with van der Waals surface area (Å²) < 4.78 is 0. The second kappa shape index (κ2) is 43.0. The number of hydrogen-bond acceptors (Lipinski definition) is 4. The highest BCUT2D eigenvalue weighted by molar-refractivity contribution is 5.80. The van der Waals surface area contributed by atoms with Gasteiger partial charge in [-0.3, -0.25) is 4.79 Å². The van der Waals surface area contributed by atoms with E-state index in [4.69, 9.17) is 0 Å². The molecule has 0 heterocycles. The van der Waals surface area contributed by atoms with Gasteiger partial charge in [0.15, 0.2) is 0 Å². The molecule has 1 amide bonds. The molecule has 4 N–H and O–H groups in total. The monoisotopic (exact) mass is 744 g/mol. The Morgan fingerprint density at radius 3 is 1.15 bits per heavy atom. The third-order valence-corrected chi connectivity index (χ3v) is 10.4. The molecule has 0 bridgehead atoms. The molecule has 0 spiro atoms. The average molecular weight is 744 g/mol. The Morgan fingerprint density at radius 2 is 0.774 bits per heavy atom. The van der Waals surface area contributed by atoms with Gasteiger partial charge in [0, 0.05) is 0 Å². The Kier molecular flexibility index (Phi) is 41.7. The molecule has 0 aromatic heterocycles. The first kappa shape index (κ1) is 51.3. The predicted molar refractivity (Wildman–Crippen MR) is 231 cm³/mol. The van der Waals surface area contributed by atoms with E-state index in [2.05, 4.69) is 55.6 Å². The van der Waals surface area contributed by atoms with E-state index in [1.165, 1.54) is 148 Å². The van der Waals surface area contributed by atoms with Gasteiger partial charge in [-0.2, -0.15) is 0 Å². The topological polar surface area (TPSA) is 89.8 Å². The van der Waals surface area contributed by atoms with Gasteiger partial charge in [0.05, 0.1) is 18.8 Å². The molecule has 5 heteroatoms. The second-order valence-corrected chi connectivity index (χ2v) is 15.6. The Morgan fingerprint density at radius 1 is 0.453 bits per heavy atom. The molecule has 310 valence electrons. The van der Waals surface area contributed by atoms with Gasteiger partial charge in [0.1, 0.15) is 6.10 Å². The van der Waals surface area contributed by atoms with Crippen molar-refractivity contribution in [1.29, 1.82) is 0 Å². The molecule has 0 saturated carbocycles. The Hall–Kier alpha value is -1.69. The Bertz CT molecular complexity index is 866. The van der Waals surface area contributed by atoms with Crippen molar-refractivity contribution in [3.05, 3.63) is 48.6 Å². The van der Waals surface area contributed by atoms with Crippen LogP contribution in [0.4, 0.5) is 0 Å². The summed E-state index contributed by atoms with van der Waals surface area (Å²) in [6, 6.07) is -0.826. The smallest absolute Gasteiger partial charge is 0.249 e.